The molecule has 7 nitrogen and oxygen atoms in total. The number of benzene rings is 1. The minimum Gasteiger partial charge on any atom is -0.478 e. The molecule has 0 spiro atoms. The van der Waals surface area contributed by atoms with Crippen molar-refractivity contribution in [1.82, 2.24) is 4.90 Å². The molecule has 0 fully saturated rings. The fraction of sp³-hybridized carbons (Fsp3) is 0.357. The van der Waals surface area contributed by atoms with E-state index in [9.17, 15) is 14.4 Å². The lowest BCUT2D eigenvalue weighted by Gasteiger charge is -2.19. The largest absolute Gasteiger partial charge is 0.478 e. The first-order chi connectivity index (χ1) is 9.93. The van der Waals surface area contributed by atoms with Crippen molar-refractivity contribution >= 4 is 18.0 Å². The van der Waals surface area contributed by atoms with Crippen LogP contribution in [0.2, 0.25) is 0 Å². The van der Waals surface area contributed by atoms with Gasteiger partial charge in [-0.05, 0) is 5.56 Å². The Balaban J connectivity index is 2.64. The average molecular weight is 295 g/mol. The molecule has 114 valence electrons. The van der Waals surface area contributed by atoms with E-state index in [1.807, 2.05) is 0 Å². The number of methoxy groups -OCH3 is 1. The maximum Gasteiger partial charge on any atom is 0.410 e. The molecule has 0 aliphatic rings. The van der Waals surface area contributed by atoms with Crippen molar-refractivity contribution in [1.29, 1.82) is 0 Å². The Morgan fingerprint density at radius 3 is 2.38 bits per heavy atom. The highest BCUT2D eigenvalue weighted by molar-refractivity contribution is 5.80. The molecule has 0 saturated carbocycles. The van der Waals surface area contributed by atoms with Crippen LogP contribution in [0.5, 0.6) is 0 Å². The second-order valence-corrected chi connectivity index (χ2v) is 4.33. The predicted octanol–water partition coefficient (Wildman–Crippen LogP) is 0.924. The van der Waals surface area contributed by atoms with Crippen LogP contribution in [0.25, 0.3) is 0 Å². The van der Waals surface area contributed by atoms with Gasteiger partial charge in [0.05, 0.1) is 7.11 Å². The lowest BCUT2D eigenvalue weighted by atomic mass is 10.1. The summed E-state index contributed by atoms with van der Waals surface area (Å²) in [5.41, 5.74) is 0.730. The van der Waals surface area contributed by atoms with Gasteiger partial charge in [-0.25, -0.2) is 9.59 Å². The summed E-state index contributed by atoms with van der Waals surface area (Å²) < 4.78 is 9.32. The van der Waals surface area contributed by atoms with Gasteiger partial charge in [-0.3, -0.25) is 4.79 Å². The number of esters is 1. The van der Waals surface area contributed by atoms with Gasteiger partial charge in [0, 0.05) is 13.5 Å². The number of hydrogen-bond acceptors (Lipinski definition) is 5. The van der Waals surface area contributed by atoms with Crippen molar-refractivity contribution in [3.8, 4) is 0 Å². The fourth-order valence-electron chi connectivity index (χ4n) is 1.54. The quantitative estimate of drug-likeness (QED) is 0.785. The molecule has 0 aliphatic carbocycles. The number of carboxylic acids is 1. The van der Waals surface area contributed by atoms with Crippen LogP contribution < -0.4 is 0 Å². The zero-order chi connectivity index (χ0) is 15.8. The number of carbonyl (C=O) groups is 3. The maximum absolute atomic E-state index is 11.7. The van der Waals surface area contributed by atoms with E-state index in [-0.39, 0.29) is 13.0 Å². The van der Waals surface area contributed by atoms with E-state index < -0.39 is 24.1 Å². The summed E-state index contributed by atoms with van der Waals surface area (Å²) in [6, 6.07) is 8.80. The smallest absolute Gasteiger partial charge is 0.410 e. The number of nitrogens with zero attached hydrogens (tertiary/aromatic N) is 1. The average Bonchev–Trinajstić information content (AvgIpc) is 2.47. The molecular weight excluding hydrogens is 278 g/mol. The van der Waals surface area contributed by atoms with Gasteiger partial charge in [0.15, 0.2) is 0 Å². The molecule has 0 aromatic heterocycles. The predicted molar refractivity (Wildman–Crippen MR) is 72.7 cm³/mol. The van der Waals surface area contributed by atoms with Crippen LogP contribution in [-0.4, -0.2) is 54.8 Å². The molecule has 21 heavy (non-hydrogen) atoms. The molecule has 1 rings (SSSR count). The van der Waals surface area contributed by atoms with Crippen LogP contribution in [-0.2, 0) is 25.5 Å². The Morgan fingerprint density at radius 1 is 1.24 bits per heavy atom. The van der Waals surface area contributed by atoms with Gasteiger partial charge in [-0.2, -0.15) is 0 Å². The molecule has 1 N–H and O–H groups in total. The first-order valence-corrected chi connectivity index (χ1v) is 6.19. The van der Waals surface area contributed by atoms with Crippen LogP contribution >= 0.6 is 0 Å². The fourth-order valence-corrected chi connectivity index (χ4v) is 1.54. The molecule has 1 aromatic carbocycles. The lowest BCUT2D eigenvalue weighted by Crippen LogP contribution is -2.38. The zero-order valence-corrected chi connectivity index (χ0v) is 11.8. The number of amides is 1. The van der Waals surface area contributed by atoms with E-state index >= 15 is 0 Å². The lowest BCUT2D eigenvalue weighted by molar-refractivity contribution is -0.147. The number of likely N-dealkylation sites (N-methyl/N-ethyl adjacent to an activating group) is 1. The molecule has 7 heteroatoms. The van der Waals surface area contributed by atoms with E-state index in [2.05, 4.69) is 4.74 Å². The minimum absolute atomic E-state index is 0.0496. The van der Waals surface area contributed by atoms with Gasteiger partial charge in [0.25, 0.3) is 0 Å². The zero-order valence-electron chi connectivity index (χ0n) is 11.8. The molecule has 0 unspecified atom stereocenters. The van der Waals surface area contributed by atoms with E-state index in [4.69, 9.17) is 9.84 Å². The van der Waals surface area contributed by atoms with E-state index in [0.29, 0.717) is 0 Å². The Morgan fingerprint density at radius 2 is 1.86 bits per heavy atom. The monoisotopic (exact) mass is 295 g/mol. The Hall–Kier alpha value is -2.57. The molecular formula is C14H17NO6. The second kappa shape index (κ2) is 7.88. The van der Waals surface area contributed by atoms with Crippen LogP contribution in [0.1, 0.15) is 5.56 Å². The molecule has 0 bridgehead atoms. The molecule has 0 aliphatic heterocycles. The third-order valence-electron chi connectivity index (χ3n) is 2.69. The summed E-state index contributed by atoms with van der Waals surface area (Å²) in [4.78, 5) is 34.9. The van der Waals surface area contributed by atoms with Crippen LogP contribution in [0, 0.1) is 0 Å². The van der Waals surface area contributed by atoms with E-state index in [0.717, 1.165) is 10.5 Å². The normalized spacial score (nSPS) is 11.3. The third kappa shape index (κ3) is 5.52. The van der Waals surface area contributed by atoms with Crippen molar-refractivity contribution < 1.29 is 29.0 Å². The maximum atomic E-state index is 11.7. The number of carboxylic acid groups (broad SMARTS) is 1. The first kappa shape index (κ1) is 16.5. The van der Waals surface area contributed by atoms with Gasteiger partial charge in [-0.1, -0.05) is 30.3 Å². The SMILES string of the molecule is COC(=O)CN(C)C(=O)O[C@@H](Cc1ccccc1)C(=O)O. The summed E-state index contributed by atoms with van der Waals surface area (Å²) in [6.45, 7) is -0.312. The number of aliphatic carboxylic acids is 1. The molecule has 1 aromatic rings. The van der Waals surface area contributed by atoms with Gasteiger partial charge in [0.2, 0.25) is 6.10 Å². The highest BCUT2D eigenvalue weighted by atomic mass is 16.6. The van der Waals surface area contributed by atoms with E-state index in [1.54, 1.807) is 30.3 Å². The highest BCUT2D eigenvalue weighted by Gasteiger charge is 2.25. The van der Waals surface area contributed by atoms with Crippen LogP contribution in [0.3, 0.4) is 0 Å². The molecule has 1 atom stereocenters. The van der Waals surface area contributed by atoms with Gasteiger partial charge in [-0.15, -0.1) is 0 Å². The van der Waals surface area contributed by atoms with Crippen LogP contribution in [0.15, 0.2) is 30.3 Å². The standard InChI is InChI=1S/C14H17NO6/c1-15(9-12(16)20-2)14(19)21-11(13(17)18)8-10-6-4-3-5-7-10/h3-7,11H,8-9H2,1-2H3,(H,17,18)/t11-/m0/s1. The summed E-state index contributed by atoms with van der Waals surface area (Å²) in [6.07, 6.45) is -2.17. The second-order valence-electron chi connectivity index (χ2n) is 4.33. The third-order valence-corrected chi connectivity index (χ3v) is 2.69. The number of ether oxygens (including phenoxy) is 2. The Bertz CT molecular complexity index is 501. The number of rotatable bonds is 6. The first-order valence-electron chi connectivity index (χ1n) is 6.19. The molecule has 1 amide bonds. The van der Waals surface area contributed by atoms with Crippen molar-refractivity contribution in [2.24, 2.45) is 0 Å². The highest BCUT2D eigenvalue weighted by Crippen LogP contribution is 2.08. The van der Waals surface area contributed by atoms with E-state index in [1.165, 1.54) is 14.2 Å². The Labute approximate surface area is 122 Å². The summed E-state index contributed by atoms with van der Waals surface area (Å²) in [5.74, 6) is -1.87. The van der Waals surface area contributed by atoms with Crippen molar-refractivity contribution in [3.63, 3.8) is 0 Å². The molecule has 0 heterocycles. The van der Waals surface area contributed by atoms with Crippen molar-refractivity contribution in [2.45, 2.75) is 12.5 Å². The number of carbonyl (C=O) groups excluding carboxylic acids is 2. The van der Waals surface area contributed by atoms with Crippen molar-refractivity contribution in [3.05, 3.63) is 35.9 Å². The summed E-state index contributed by atoms with van der Waals surface area (Å²) in [7, 11) is 2.51. The molecule has 0 radical (unpaired) electrons. The molecule has 0 saturated heterocycles. The Kier molecular flexibility index (Phi) is 6.19. The van der Waals surface area contributed by atoms with Gasteiger partial charge >= 0.3 is 18.0 Å². The van der Waals surface area contributed by atoms with Gasteiger partial charge < -0.3 is 19.5 Å². The summed E-state index contributed by atoms with van der Waals surface area (Å²) >= 11 is 0. The summed E-state index contributed by atoms with van der Waals surface area (Å²) in [5, 5.41) is 9.11. The van der Waals surface area contributed by atoms with Crippen molar-refractivity contribution in [2.75, 3.05) is 20.7 Å². The van der Waals surface area contributed by atoms with Gasteiger partial charge in [0.1, 0.15) is 6.54 Å². The van der Waals surface area contributed by atoms with Crippen LogP contribution in [0.4, 0.5) is 4.79 Å². The minimum atomic E-state index is -1.32. The number of hydrogen-bond donors (Lipinski definition) is 1. The topological polar surface area (TPSA) is 93.1 Å².